The molecule has 1 aliphatic rings. The number of ether oxygens (including phenoxy) is 1. The number of nitrogens with zero attached hydrogens (tertiary/aromatic N) is 2. The number of nitrogens with one attached hydrogen (secondary N) is 1. The molecule has 0 atom stereocenters. The van der Waals surface area contributed by atoms with Crippen LogP contribution >= 0.6 is 11.6 Å². The number of methoxy groups -OCH3 is 1. The number of aromatic amines is 1. The Bertz CT molecular complexity index is 761. The first-order valence-electron chi connectivity index (χ1n) is 8.15. The maximum absolute atomic E-state index is 12.9. The van der Waals surface area contributed by atoms with E-state index in [-0.39, 0.29) is 11.8 Å². The summed E-state index contributed by atoms with van der Waals surface area (Å²) >= 11 is 6.03. The number of H-pyrrole nitrogens is 1. The van der Waals surface area contributed by atoms with Crippen LogP contribution in [0.3, 0.4) is 0 Å². The van der Waals surface area contributed by atoms with Gasteiger partial charge in [-0.1, -0.05) is 11.6 Å². The summed E-state index contributed by atoms with van der Waals surface area (Å²) in [5, 5.41) is 0.488. The minimum absolute atomic E-state index is 0.0420. The topological polar surface area (TPSA) is 65.6 Å². The van der Waals surface area contributed by atoms with Gasteiger partial charge in [0.1, 0.15) is 11.4 Å². The lowest BCUT2D eigenvalue weighted by atomic mass is 10.1. The lowest BCUT2D eigenvalue weighted by Crippen LogP contribution is -2.37. The summed E-state index contributed by atoms with van der Waals surface area (Å²) in [6.07, 6.45) is 2.45. The van der Waals surface area contributed by atoms with E-state index in [4.69, 9.17) is 16.3 Å². The average Bonchev–Trinajstić information content (AvgIpc) is 3.05. The van der Waals surface area contributed by atoms with E-state index in [0.29, 0.717) is 48.2 Å². The van der Waals surface area contributed by atoms with Gasteiger partial charge in [-0.25, -0.2) is 0 Å². The molecule has 0 bridgehead atoms. The monoisotopic (exact) mass is 361 g/mol. The molecule has 1 saturated heterocycles. The molecule has 1 aliphatic heterocycles. The van der Waals surface area contributed by atoms with Gasteiger partial charge in [0.25, 0.3) is 11.8 Å². The minimum Gasteiger partial charge on any atom is -0.496 e. The van der Waals surface area contributed by atoms with Gasteiger partial charge in [-0.15, -0.1) is 0 Å². The van der Waals surface area contributed by atoms with Crippen molar-refractivity contribution < 1.29 is 14.3 Å². The number of benzene rings is 1. The summed E-state index contributed by atoms with van der Waals surface area (Å²) in [6, 6.07) is 8.56. The van der Waals surface area contributed by atoms with Crippen molar-refractivity contribution in [3.05, 3.63) is 52.8 Å². The van der Waals surface area contributed by atoms with Crippen LogP contribution in [0.4, 0.5) is 0 Å². The van der Waals surface area contributed by atoms with Crippen LogP contribution in [-0.2, 0) is 0 Å². The zero-order valence-electron chi connectivity index (χ0n) is 14.0. The number of hydrogen-bond donors (Lipinski definition) is 1. The fourth-order valence-electron chi connectivity index (χ4n) is 2.98. The van der Waals surface area contributed by atoms with Crippen molar-refractivity contribution in [1.29, 1.82) is 0 Å². The highest BCUT2D eigenvalue weighted by atomic mass is 35.5. The summed E-state index contributed by atoms with van der Waals surface area (Å²) in [5.74, 6) is 0.325. The molecular formula is C18H20ClN3O3. The Morgan fingerprint density at radius 1 is 1.08 bits per heavy atom. The third kappa shape index (κ3) is 3.79. The summed E-state index contributed by atoms with van der Waals surface area (Å²) in [4.78, 5) is 31.8. The van der Waals surface area contributed by atoms with E-state index in [2.05, 4.69) is 4.98 Å². The molecule has 0 unspecified atom stereocenters. The van der Waals surface area contributed by atoms with Crippen molar-refractivity contribution in [2.75, 3.05) is 33.3 Å². The van der Waals surface area contributed by atoms with E-state index < -0.39 is 0 Å². The summed E-state index contributed by atoms with van der Waals surface area (Å²) in [6.45, 7) is 2.17. The molecular weight excluding hydrogens is 342 g/mol. The predicted molar refractivity (Wildman–Crippen MR) is 95.2 cm³/mol. The van der Waals surface area contributed by atoms with Crippen molar-refractivity contribution in [3.63, 3.8) is 0 Å². The zero-order chi connectivity index (χ0) is 17.8. The Balaban J connectivity index is 1.72. The molecule has 0 aliphatic carbocycles. The number of halogens is 1. The van der Waals surface area contributed by atoms with Gasteiger partial charge in [-0.2, -0.15) is 0 Å². The summed E-state index contributed by atoms with van der Waals surface area (Å²) in [7, 11) is 1.53. The molecule has 0 radical (unpaired) electrons. The molecule has 0 spiro atoms. The Morgan fingerprint density at radius 3 is 2.44 bits per heavy atom. The second-order valence-corrected chi connectivity index (χ2v) is 6.30. The Hall–Kier alpha value is -2.47. The molecule has 2 aromatic rings. The van der Waals surface area contributed by atoms with Crippen LogP contribution in [0.1, 0.15) is 27.3 Å². The zero-order valence-corrected chi connectivity index (χ0v) is 14.8. The maximum atomic E-state index is 12.9. The van der Waals surface area contributed by atoms with Crippen LogP contribution in [-0.4, -0.2) is 59.9 Å². The first kappa shape index (κ1) is 17.4. The first-order valence-corrected chi connectivity index (χ1v) is 8.53. The predicted octanol–water partition coefficient (Wildman–Crippen LogP) is 2.67. The van der Waals surface area contributed by atoms with Crippen LogP contribution < -0.4 is 4.74 Å². The highest BCUT2D eigenvalue weighted by Gasteiger charge is 2.25. The van der Waals surface area contributed by atoms with E-state index in [1.54, 1.807) is 46.3 Å². The van der Waals surface area contributed by atoms with Crippen LogP contribution in [0.5, 0.6) is 5.75 Å². The van der Waals surface area contributed by atoms with Crippen LogP contribution in [0.25, 0.3) is 0 Å². The molecule has 6 nitrogen and oxygen atoms in total. The number of rotatable bonds is 3. The quantitative estimate of drug-likeness (QED) is 0.914. The van der Waals surface area contributed by atoms with Gasteiger partial charge in [0.05, 0.1) is 12.7 Å². The SMILES string of the molecule is COc1ccc(Cl)cc1C(=O)N1CCCN(C(=O)c2ccc[nH]2)CC1. The summed E-state index contributed by atoms with van der Waals surface area (Å²) in [5.41, 5.74) is 1.01. The molecule has 2 heterocycles. The number of amides is 2. The molecule has 7 heteroatoms. The van der Waals surface area contributed by atoms with Gasteiger partial charge < -0.3 is 19.5 Å². The number of carbonyl (C=O) groups is 2. The van der Waals surface area contributed by atoms with E-state index in [1.807, 2.05) is 0 Å². The van der Waals surface area contributed by atoms with E-state index in [9.17, 15) is 9.59 Å². The molecule has 132 valence electrons. The average molecular weight is 362 g/mol. The highest BCUT2D eigenvalue weighted by Crippen LogP contribution is 2.24. The van der Waals surface area contributed by atoms with Gasteiger partial charge in [-0.3, -0.25) is 9.59 Å². The number of carbonyl (C=O) groups excluding carboxylic acids is 2. The van der Waals surface area contributed by atoms with Crippen LogP contribution in [0.15, 0.2) is 36.5 Å². The fourth-order valence-corrected chi connectivity index (χ4v) is 3.15. The Labute approximate surface area is 151 Å². The normalized spacial score (nSPS) is 15.0. The third-order valence-electron chi connectivity index (χ3n) is 4.29. The third-order valence-corrected chi connectivity index (χ3v) is 4.53. The standard InChI is InChI=1S/C18H20ClN3O3/c1-25-16-6-5-13(19)12-14(16)17(23)21-8-3-9-22(11-10-21)18(24)15-4-2-7-20-15/h2,4-7,12,20H,3,8-11H2,1H3. The maximum Gasteiger partial charge on any atom is 0.270 e. The molecule has 25 heavy (non-hydrogen) atoms. The molecule has 3 rings (SSSR count). The lowest BCUT2D eigenvalue weighted by Gasteiger charge is -2.22. The van der Waals surface area contributed by atoms with Crippen molar-refractivity contribution >= 4 is 23.4 Å². The van der Waals surface area contributed by atoms with Crippen molar-refractivity contribution in [2.24, 2.45) is 0 Å². The molecule has 1 N–H and O–H groups in total. The Kier molecular flexibility index (Phi) is 5.28. The van der Waals surface area contributed by atoms with E-state index in [0.717, 1.165) is 6.42 Å². The lowest BCUT2D eigenvalue weighted by molar-refractivity contribution is 0.0714. The fraction of sp³-hybridized carbons (Fsp3) is 0.333. The molecule has 1 aromatic carbocycles. The van der Waals surface area contributed by atoms with Crippen LogP contribution in [0.2, 0.25) is 5.02 Å². The number of hydrogen-bond acceptors (Lipinski definition) is 3. The largest absolute Gasteiger partial charge is 0.496 e. The smallest absolute Gasteiger partial charge is 0.270 e. The van der Waals surface area contributed by atoms with Gasteiger partial charge >= 0.3 is 0 Å². The molecule has 1 fully saturated rings. The minimum atomic E-state index is -0.131. The second kappa shape index (κ2) is 7.61. The molecule has 1 aromatic heterocycles. The van der Waals surface area contributed by atoms with Crippen molar-refractivity contribution in [2.45, 2.75) is 6.42 Å². The van der Waals surface area contributed by atoms with E-state index in [1.165, 1.54) is 7.11 Å². The Morgan fingerprint density at radius 2 is 1.80 bits per heavy atom. The first-order chi connectivity index (χ1) is 12.1. The van der Waals surface area contributed by atoms with Crippen LogP contribution in [0, 0.1) is 0 Å². The van der Waals surface area contributed by atoms with Gasteiger partial charge in [0.15, 0.2) is 0 Å². The van der Waals surface area contributed by atoms with Gasteiger partial charge in [-0.05, 0) is 36.8 Å². The molecule has 2 amide bonds. The molecule has 0 saturated carbocycles. The van der Waals surface area contributed by atoms with E-state index >= 15 is 0 Å². The van der Waals surface area contributed by atoms with Crippen molar-refractivity contribution in [3.8, 4) is 5.75 Å². The highest BCUT2D eigenvalue weighted by molar-refractivity contribution is 6.31. The number of aromatic nitrogens is 1. The second-order valence-electron chi connectivity index (χ2n) is 5.87. The van der Waals surface area contributed by atoms with Crippen molar-refractivity contribution in [1.82, 2.24) is 14.8 Å². The van der Waals surface area contributed by atoms with Gasteiger partial charge in [0.2, 0.25) is 0 Å². The van der Waals surface area contributed by atoms with Gasteiger partial charge in [0, 0.05) is 37.4 Å². The summed E-state index contributed by atoms with van der Waals surface area (Å²) < 4.78 is 5.28.